The van der Waals surface area contributed by atoms with Gasteiger partial charge in [-0.15, -0.1) is 0 Å². The maximum absolute atomic E-state index is 15.0. The van der Waals surface area contributed by atoms with Gasteiger partial charge in [-0.05, 0) is 28.7 Å². The minimum Gasteiger partial charge on any atom is -0.341 e. The van der Waals surface area contributed by atoms with E-state index in [0.717, 1.165) is 29.5 Å². The van der Waals surface area contributed by atoms with Crippen LogP contribution in [-0.4, -0.2) is 13.2 Å². The van der Waals surface area contributed by atoms with Gasteiger partial charge in [0.15, 0.2) is 46.5 Å². The monoisotopic (exact) mass is 614 g/mol. The van der Waals surface area contributed by atoms with Crippen molar-refractivity contribution in [2.45, 2.75) is 31.5 Å². The van der Waals surface area contributed by atoms with Crippen LogP contribution < -0.4 is 0 Å². The van der Waals surface area contributed by atoms with E-state index in [1.54, 1.807) is 24.3 Å². The first-order valence-corrected chi connectivity index (χ1v) is 12.9. The Morgan fingerprint density at radius 2 is 0.884 bits per heavy atom. The lowest BCUT2D eigenvalue weighted by molar-refractivity contribution is -0.262. The highest BCUT2D eigenvalue weighted by Crippen LogP contribution is 2.47. The van der Waals surface area contributed by atoms with Gasteiger partial charge in [-0.1, -0.05) is 61.9 Å². The van der Waals surface area contributed by atoms with Gasteiger partial charge < -0.3 is 9.47 Å². The van der Waals surface area contributed by atoms with Crippen LogP contribution in [0.5, 0.6) is 0 Å². The van der Waals surface area contributed by atoms with Gasteiger partial charge in [0.25, 0.3) is 0 Å². The Bertz CT molecular complexity index is 1550. The van der Waals surface area contributed by atoms with Crippen LogP contribution in [0.25, 0.3) is 11.1 Å². The van der Waals surface area contributed by atoms with Gasteiger partial charge in [0, 0.05) is 5.92 Å². The van der Waals surface area contributed by atoms with Crippen molar-refractivity contribution >= 4 is 0 Å². The van der Waals surface area contributed by atoms with E-state index >= 15 is 0 Å². The van der Waals surface area contributed by atoms with E-state index in [0.29, 0.717) is 5.56 Å². The van der Waals surface area contributed by atoms with Crippen molar-refractivity contribution in [3.63, 3.8) is 0 Å². The van der Waals surface area contributed by atoms with Gasteiger partial charge in [0.2, 0.25) is 17.4 Å². The minimum atomic E-state index is -3.75. The van der Waals surface area contributed by atoms with Gasteiger partial charge >= 0.3 is 0 Å². The number of rotatable bonds is 6. The van der Waals surface area contributed by atoms with E-state index < -0.39 is 94.2 Å². The predicted octanol–water partition coefficient (Wildman–Crippen LogP) is 8.73. The molecule has 1 fully saturated rings. The number of halogens is 10. The molecule has 0 bridgehead atoms. The van der Waals surface area contributed by atoms with Crippen molar-refractivity contribution in [2.75, 3.05) is 13.2 Å². The quantitative estimate of drug-likeness (QED) is 0.123. The molecule has 0 aromatic heterocycles. The molecule has 0 N–H and O–H groups in total. The third-order valence-electron chi connectivity index (χ3n) is 7.26. The van der Waals surface area contributed by atoms with Crippen molar-refractivity contribution in [3.05, 3.63) is 129 Å². The molecule has 0 saturated carbocycles. The van der Waals surface area contributed by atoms with E-state index in [4.69, 9.17) is 9.47 Å². The van der Waals surface area contributed by atoms with E-state index in [2.05, 4.69) is 6.92 Å². The van der Waals surface area contributed by atoms with Crippen LogP contribution in [0.2, 0.25) is 0 Å². The summed E-state index contributed by atoms with van der Waals surface area (Å²) in [7, 11) is 0. The van der Waals surface area contributed by atoms with Gasteiger partial charge in [-0.25, -0.2) is 43.9 Å². The van der Waals surface area contributed by atoms with Crippen LogP contribution in [0.15, 0.2) is 48.5 Å². The third kappa shape index (κ3) is 5.06. The van der Waals surface area contributed by atoms with E-state index in [-0.39, 0.29) is 0 Å². The fraction of sp³-hybridized carbons (Fsp3) is 0.226. The fourth-order valence-corrected chi connectivity index (χ4v) is 5.02. The summed E-state index contributed by atoms with van der Waals surface area (Å²) in [6.45, 7) is 0.565. The average molecular weight is 614 g/mol. The molecule has 0 unspecified atom stereocenters. The molecule has 12 heteroatoms. The molecule has 0 aliphatic carbocycles. The lowest BCUT2D eigenvalue weighted by atomic mass is 9.90. The minimum absolute atomic E-state index is 0.467. The van der Waals surface area contributed by atoms with E-state index in [1.807, 2.05) is 24.3 Å². The first-order valence-electron chi connectivity index (χ1n) is 12.9. The topological polar surface area (TPSA) is 18.5 Å². The van der Waals surface area contributed by atoms with Crippen molar-refractivity contribution in [3.8, 4) is 11.1 Å². The van der Waals surface area contributed by atoms with Crippen LogP contribution >= 0.6 is 0 Å². The zero-order chi connectivity index (χ0) is 31.2. The molecule has 43 heavy (non-hydrogen) atoms. The van der Waals surface area contributed by atoms with Gasteiger partial charge in [-0.2, -0.15) is 0 Å². The summed E-state index contributed by atoms with van der Waals surface area (Å²) >= 11 is 0. The summed E-state index contributed by atoms with van der Waals surface area (Å²) in [4.78, 5) is 0. The van der Waals surface area contributed by atoms with Gasteiger partial charge in [0.05, 0.1) is 24.3 Å². The molecule has 4 aromatic carbocycles. The van der Waals surface area contributed by atoms with E-state index in [1.165, 1.54) is 0 Å². The van der Waals surface area contributed by atoms with Crippen LogP contribution in [0.3, 0.4) is 0 Å². The predicted molar refractivity (Wildman–Crippen MR) is 134 cm³/mol. The zero-order valence-corrected chi connectivity index (χ0v) is 22.1. The second kappa shape index (κ2) is 11.6. The molecule has 2 nitrogen and oxygen atoms in total. The molecule has 0 radical (unpaired) electrons. The maximum Gasteiger partial charge on any atom is 0.234 e. The van der Waals surface area contributed by atoms with Crippen LogP contribution in [0.4, 0.5) is 43.9 Å². The van der Waals surface area contributed by atoms with Crippen molar-refractivity contribution in [2.24, 2.45) is 0 Å². The highest BCUT2D eigenvalue weighted by atomic mass is 19.2. The summed E-state index contributed by atoms with van der Waals surface area (Å²) in [6.07, 6.45) is 1.90. The Balaban J connectivity index is 1.55. The van der Waals surface area contributed by atoms with E-state index in [9.17, 15) is 43.9 Å². The highest BCUT2D eigenvalue weighted by Gasteiger charge is 2.53. The summed E-state index contributed by atoms with van der Waals surface area (Å²) in [5.41, 5.74) is -0.833. The smallest absolute Gasteiger partial charge is 0.234 e. The molecule has 1 aliphatic heterocycles. The average Bonchev–Trinajstić information content (AvgIpc) is 3.02. The normalized spacial score (nSPS) is 15.2. The molecule has 0 atom stereocenters. The number of hydrogen-bond acceptors (Lipinski definition) is 2. The second-order valence-corrected chi connectivity index (χ2v) is 9.89. The number of ether oxygens (including phenoxy) is 2. The molecule has 4 aromatic rings. The molecule has 1 saturated heterocycles. The number of benzene rings is 4. The SMILES string of the molecule is CCCc1ccc(-c2ccc(C3COC(c4c(F)c(F)c(F)c(F)c4F)(c4c(F)c(F)c(F)c(F)c4F)OC3)cc2)cc1. The van der Waals surface area contributed by atoms with Crippen LogP contribution in [0, 0.1) is 58.2 Å². The lowest BCUT2D eigenvalue weighted by Crippen LogP contribution is -2.45. The lowest BCUT2D eigenvalue weighted by Gasteiger charge is -2.41. The maximum atomic E-state index is 15.0. The molecule has 226 valence electrons. The molecular formula is C31H20F10O2. The second-order valence-electron chi connectivity index (χ2n) is 9.89. The summed E-state index contributed by atoms with van der Waals surface area (Å²) < 4.78 is 155. The Hall–Kier alpha value is -3.90. The standard InChI is InChI=1S/C31H20F10O2/c1-2-3-14-4-6-15(7-5-14)16-8-10-17(11-9-16)18-12-42-31(43-13-18,19-21(32)25(36)29(40)26(37)22(19)33)20-23(34)27(38)30(41)28(39)24(20)35/h4-11,18H,2-3,12-13H2,1H3. The summed E-state index contributed by atoms with van der Waals surface area (Å²) in [6, 6.07) is 14.5. The number of aryl methyl sites for hydroxylation is 1. The molecule has 1 aliphatic rings. The Morgan fingerprint density at radius 1 is 0.535 bits per heavy atom. The Morgan fingerprint density at radius 3 is 1.26 bits per heavy atom. The molecule has 0 amide bonds. The molecular weight excluding hydrogens is 594 g/mol. The highest BCUT2D eigenvalue weighted by molar-refractivity contribution is 5.64. The molecule has 0 spiro atoms. The first-order chi connectivity index (χ1) is 20.4. The fourth-order valence-electron chi connectivity index (χ4n) is 5.02. The van der Waals surface area contributed by atoms with Crippen molar-refractivity contribution in [1.29, 1.82) is 0 Å². The summed E-state index contributed by atoms with van der Waals surface area (Å²) in [5.74, 6) is -30.6. The zero-order valence-electron chi connectivity index (χ0n) is 22.1. The largest absolute Gasteiger partial charge is 0.341 e. The third-order valence-corrected chi connectivity index (χ3v) is 7.26. The first kappa shape index (κ1) is 30.6. The Kier molecular flexibility index (Phi) is 8.28. The van der Waals surface area contributed by atoms with Crippen LogP contribution in [-0.2, 0) is 21.7 Å². The van der Waals surface area contributed by atoms with Gasteiger partial charge in [0.1, 0.15) is 0 Å². The Labute approximate surface area is 238 Å². The number of hydrogen-bond donors (Lipinski definition) is 0. The summed E-state index contributed by atoms with van der Waals surface area (Å²) in [5, 5.41) is 0. The molecule has 5 rings (SSSR count). The van der Waals surface area contributed by atoms with Crippen molar-refractivity contribution < 1.29 is 53.4 Å². The molecule has 1 heterocycles. The van der Waals surface area contributed by atoms with Crippen LogP contribution in [0.1, 0.15) is 41.5 Å². The van der Waals surface area contributed by atoms with Gasteiger partial charge in [-0.3, -0.25) is 0 Å². The van der Waals surface area contributed by atoms with Crippen molar-refractivity contribution in [1.82, 2.24) is 0 Å².